The second kappa shape index (κ2) is 6.05. The minimum atomic E-state index is -0.422. The molecule has 0 aliphatic carbocycles. The first kappa shape index (κ1) is 15.2. The van der Waals surface area contributed by atoms with Crippen molar-refractivity contribution in [1.29, 1.82) is 0 Å². The summed E-state index contributed by atoms with van der Waals surface area (Å²) in [6.45, 7) is 4.91. The van der Waals surface area contributed by atoms with Crippen molar-refractivity contribution in [3.63, 3.8) is 0 Å². The summed E-state index contributed by atoms with van der Waals surface area (Å²) in [5, 5.41) is 24.1. The van der Waals surface area contributed by atoms with Crippen LogP contribution in [0.3, 0.4) is 0 Å². The topological polar surface area (TPSA) is 88.3 Å². The summed E-state index contributed by atoms with van der Waals surface area (Å²) in [6, 6.07) is 6.75. The fraction of sp³-hybridized carbons (Fsp3) is 0.400. The molecule has 21 heavy (non-hydrogen) atoms. The number of pyridine rings is 1. The van der Waals surface area contributed by atoms with E-state index in [4.69, 9.17) is 5.11 Å². The van der Waals surface area contributed by atoms with E-state index in [2.05, 4.69) is 24.1 Å². The smallest absolute Gasteiger partial charge is 0.295 e. The highest BCUT2D eigenvalue weighted by molar-refractivity contribution is 5.96. The van der Waals surface area contributed by atoms with Crippen molar-refractivity contribution in [3.8, 4) is 0 Å². The number of nitrogens with one attached hydrogen (secondary N) is 1. The Balaban J connectivity index is 2.34. The number of non-ortho nitro benzene ring substituents is 1. The number of nitro groups is 1. The molecule has 0 fully saturated rings. The van der Waals surface area contributed by atoms with Gasteiger partial charge in [-0.05, 0) is 30.0 Å². The van der Waals surface area contributed by atoms with Crippen LogP contribution in [0, 0.1) is 15.5 Å². The van der Waals surface area contributed by atoms with Crippen molar-refractivity contribution in [2.75, 3.05) is 18.5 Å². The quantitative estimate of drug-likeness (QED) is 0.630. The highest BCUT2D eigenvalue weighted by Gasteiger charge is 2.19. The zero-order valence-electron chi connectivity index (χ0n) is 12.2. The molecule has 0 atom stereocenters. The van der Waals surface area contributed by atoms with Gasteiger partial charge in [0.15, 0.2) is 0 Å². The highest BCUT2D eigenvalue weighted by atomic mass is 16.6. The van der Waals surface area contributed by atoms with E-state index >= 15 is 0 Å². The van der Waals surface area contributed by atoms with Gasteiger partial charge in [-0.1, -0.05) is 13.8 Å². The van der Waals surface area contributed by atoms with Gasteiger partial charge in [0.2, 0.25) is 0 Å². The lowest BCUT2D eigenvalue weighted by Crippen LogP contribution is -2.24. The van der Waals surface area contributed by atoms with Gasteiger partial charge in [0.1, 0.15) is 5.52 Å². The lowest BCUT2D eigenvalue weighted by atomic mass is 9.89. The van der Waals surface area contributed by atoms with E-state index in [0.717, 1.165) is 11.1 Å². The van der Waals surface area contributed by atoms with Crippen molar-refractivity contribution in [1.82, 2.24) is 4.98 Å². The summed E-state index contributed by atoms with van der Waals surface area (Å²) in [5.41, 5.74) is 1.14. The summed E-state index contributed by atoms with van der Waals surface area (Å²) in [7, 11) is 0. The van der Waals surface area contributed by atoms with Crippen LogP contribution in [0.25, 0.3) is 10.9 Å². The van der Waals surface area contributed by atoms with Gasteiger partial charge in [0.25, 0.3) is 5.69 Å². The Hall–Kier alpha value is -2.21. The first-order valence-electron chi connectivity index (χ1n) is 6.81. The first-order valence-corrected chi connectivity index (χ1v) is 6.81. The zero-order valence-corrected chi connectivity index (χ0v) is 12.2. The third kappa shape index (κ3) is 3.46. The molecular weight excluding hydrogens is 270 g/mol. The summed E-state index contributed by atoms with van der Waals surface area (Å²) in [6.07, 6.45) is 2.23. The van der Waals surface area contributed by atoms with Crippen LogP contribution in [0.1, 0.15) is 20.3 Å². The van der Waals surface area contributed by atoms with Crippen molar-refractivity contribution < 1.29 is 10.0 Å². The first-order chi connectivity index (χ1) is 9.94. The number of nitro benzene ring substituents is 1. The molecule has 0 saturated heterocycles. The monoisotopic (exact) mass is 289 g/mol. The molecule has 2 rings (SSSR count). The van der Waals surface area contributed by atoms with Crippen LogP contribution in [-0.2, 0) is 0 Å². The van der Waals surface area contributed by atoms with Crippen LogP contribution in [0.15, 0.2) is 30.5 Å². The van der Waals surface area contributed by atoms with Crippen molar-refractivity contribution in [2.45, 2.75) is 20.3 Å². The molecule has 2 aromatic rings. The van der Waals surface area contributed by atoms with Crippen LogP contribution in [0.5, 0.6) is 0 Å². The second-order valence-corrected chi connectivity index (χ2v) is 5.78. The van der Waals surface area contributed by atoms with Crippen LogP contribution >= 0.6 is 0 Å². The Bertz CT molecular complexity index is 656. The number of aliphatic hydroxyl groups excluding tert-OH is 1. The standard InChI is InChI=1S/C15H19N3O3/c1-15(2,7-9-19)10-17-12-5-6-13(18(20)21)14-11(12)4-3-8-16-14/h3-6,8,17,19H,7,9-10H2,1-2H3. The van der Waals surface area contributed by atoms with E-state index in [1.807, 2.05) is 6.07 Å². The average Bonchev–Trinajstić information content (AvgIpc) is 2.44. The Kier molecular flexibility index (Phi) is 4.37. The fourth-order valence-corrected chi connectivity index (χ4v) is 2.18. The number of benzene rings is 1. The molecule has 1 aromatic heterocycles. The number of anilines is 1. The van der Waals surface area contributed by atoms with E-state index in [-0.39, 0.29) is 17.7 Å². The summed E-state index contributed by atoms with van der Waals surface area (Å²) in [5.74, 6) is 0. The lowest BCUT2D eigenvalue weighted by molar-refractivity contribution is -0.383. The van der Waals surface area contributed by atoms with Crippen LogP contribution < -0.4 is 5.32 Å². The molecule has 112 valence electrons. The predicted octanol–water partition coefficient (Wildman–Crippen LogP) is 2.96. The number of fused-ring (bicyclic) bond motifs is 1. The minimum Gasteiger partial charge on any atom is -0.396 e. The number of nitrogens with zero attached hydrogens (tertiary/aromatic N) is 2. The van der Waals surface area contributed by atoms with E-state index < -0.39 is 4.92 Å². The average molecular weight is 289 g/mol. The number of aromatic nitrogens is 1. The molecule has 6 heteroatoms. The molecule has 0 bridgehead atoms. The van der Waals surface area contributed by atoms with Gasteiger partial charge in [-0.15, -0.1) is 0 Å². The molecule has 0 saturated carbocycles. The Labute approximate surface area is 123 Å². The van der Waals surface area contributed by atoms with Gasteiger partial charge in [-0.25, -0.2) is 4.98 Å². The van der Waals surface area contributed by atoms with Crippen molar-refractivity contribution >= 4 is 22.3 Å². The van der Waals surface area contributed by atoms with E-state index in [1.165, 1.54) is 6.07 Å². The Morgan fingerprint density at radius 2 is 2.14 bits per heavy atom. The minimum absolute atomic E-state index is 0.00534. The highest BCUT2D eigenvalue weighted by Crippen LogP contribution is 2.30. The van der Waals surface area contributed by atoms with Gasteiger partial charge in [-0.3, -0.25) is 10.1 Å². The summed E-state index contributed by atoms with van der Waals surface area (Å²) >= 11 is 0. The molecular formula is C15H19N3O3. The summed E-state index contributed by atoms with van der Waals surface area (Å²) < 4.78 is 0. The third-order valence-corrected chi connectivity index (χ3v) is 3.49. The number of hydrogen-bond acceptors (Lipinski definition) is 5. The number of rotatable bonds is 6. The number of hydrogen-bond donors (Lipinski definition) is 2. The van der Waals surface area contributed by atoms with Crippen LogP contribution in [-0.4, -0.2) is 28.2 Å². The zero-order chi connectivity index (χ0) is 15.5. The molecule has 0 unspecified atom stereocenters. The molecule has 0 aliphatic heterocycles. The largest absolute Gasteiger partial charge is 0.396 e. The van der Waals surface area contributed by atoms with E-state index in [9.17, 15) is 10.1 Å². The van der Waals surface area contributed by atoms with Crippen molar-refractivity contribution in [2.24, 2.45) is 5.41 Å². The second-order valence-electron chi connectivity index (χ2n) is 5.78. The van der Waals surface area contributed by atoms with Gasteiger partial charge >= 0.3 is 0 Å². The lowest BCUT2D eigenvalue weighted by Gasteiger charge is -2.24. The SMILES string of the molecule is CC(C)(CCO)CNc1ccc([N+](=O)[O-])c2ncccc12. The van der Waals surface area contributed by atoms with Gasteiger partial charge < -0.3 is 10.4 Å². The maximum Gasteiger partial charge on any atom is 0.295 e. The predicted molar refractivity (Wildman–Crippen MR) is 82.4 cm³/mol. The van der Waals surface area contributed by atoms with E-state index in [0.29, 0.717) is 18.5 Å². The van der Waals surface area contributed by atoms with Gasteiger partial charge in [0.05, 0.1) is 4.92 Å². The molecule has 0 radical (unpaired) electrons. The Morgan fingerprint density at radius 3 is 2.81 bits per heavy atom. The third-order valence-electron chi connectivity index (χ3n) is 3.49. The van der Waals surface area contributed by atoms with Crippen molar-refractivity contribution in [3.05, 3.63) is 40.6 Å². The van der Waals surface area contributed by atoms with Gasteiger partial charge in [0, 0.05) is 36.5 Å². The van der Waals surface area contributed by atoms with E-state index in [1.54, 1.807) is 18.3 Å². The van der Waals surface area contributed by atoms with Crippen LogP contribution in [0.2, 0.25) is 0 Å². The fourth-order valence-electron chi connectivity index (χ4n) is 2.18. The summed E-state index contributed by atoms with van der Waals surface area (Å²) in [4.78, 5) is 14.7. The maximum atomic E-state index is 11.0. The number of aliphatic hydroxyl groups is 1. The molecule has 6 nitrogen and oxygen atoms in total. The molecule has 0 aliphatic rings. The molecule has 1 aromatic carbocycles. The van der Waals surface area contributed by atoms with Gasteiger partial charge in [-0.2, -0.15) is 0 Å². The normalized spacial score (nSPS) is 11.6. The molecule has 1 heterocycles. The maximum absolute atomic E-state index is 11.0. The molecule has 2 N–H and O–H groups in total. The van der Waals surface area contributed by atoms with Crippen LogP contribution in [0.4, 0.5) is 11.4 Å². The molecule has 0 spiro atoms. The Morgan fingerprint density at radius 1 is 1.38 bits per heavy atom. The molecule has 0 amide bonds.